The SMILES string of the molecule is C[C@@H]1CN(CC[C@@H](C)c2ccccc2)C[C@H](C)O1. The lowest BCUT2D eigenvalue weighted by Crippen LogP contribution is -2.45. The van der Waals surface area contributed by atoms with Gasteiger partial charge in [0.25, 0.3) is 0 Å². The van der Waals surface area contributed by atoms with Crippen LogP contribution in [0.4, 0.5) is 0 Å². The van der Waals surface area contributed by atoms with Crippen molar-refractivity contribution in [2.75, 3.05) is 19.6 Å². The third-order valence-corrected chi connectivity index (χ3v) is 3.74. The smallest absolute Gasteiger partial charge is 0.0678 e. The standard InChI is InChI=1S/C16H25NO/c1-13(16-7-5-4-6-8-16)9-10-17-11-14(2)18-15(3)12-17/h4-8,13-15H,9-12H2,1-3H3/t13-,14-,15+/m1/s1. The normalized spacial score (nSPS) is 27.1. The summed E-state index contributed by atoms with van der Waals surface area (Å²) in [6, 6.07) is 10.8. The summed E-state index contributed by atoms with van der Waals surface area (Å²) in [5.74, 6) is 0.639. The van der Waals surface area contributed by atoms with Gasteiger partial charge in [-0.05, 0) is 38.3 Å². The molecule has 2 nitrogen and oxygen atoms in total. The fourth-order valence-corrected chi connectivity index (χ4v) is 2.79. The number of hydrogen-bond acceptors (Lipinski definition) is 2. The highest BCUT2D eigenvalue weighted by atomic mass is 16.5. The van der Waals surface area contributed by atoms with Gasteiger partial charge < -0.3 is 4.74 Å². The molecule has 1 heterocycles. The summed E-state index contributed by atoms with van der Waals surface area (Å²) in [6.07, 6.45) is 1.98. The zero-order chi connectivity index (χ0) is 13.0. The summed E-state index contributed by atoms with van der Waals surface area (Å²) in [5, 5.41) is 0. The van der Waals surface area contributed by atoms with E-state index in [1.807, 2.05) is 0 Å². The lowest BCUT2D eigenvalue weighted by Gasteiger charge is -2.35. The Hall–Kier alpha value is -0.860. The first-order valence-corrected chi connectivity index (χ1v) is 7.08. The van der Waals surface area contributed by atoms with Gasteiger partial charge >= 0.3 is 0 Å². The highest BCUT2D eigenvalue weighted by Gasteiger charge is 2.22. The van der Waals surface area contributed by atoms with Gasteiger partial charge in [-0.2, -0.15) is 0 Å². The molecule has 100 valence electrons. The Balaban J connectivity index is 1.81. The summed E-state index contributed by atoms with van der Waals surface area (Å²) in [7, 11) is 0. The van der Waals surface area contributed by atoms with Gasteiger partial charge in [0.2, 0.25) is 0 Å². The number of rotatable bonds is 4. The van der Waals surface area contributed by atoms with Crippen LogP contribution in [-0.4, -0.2) is 36.7 Å². The first kappa shape index (κ1) is 13.6. The Morgan fingerprint density at radius 3 is 2.39 bits per heavy atom. The molecule has 1 fully saturated rings. The van der Waals surface area contributed by atoms with Crippen molar-refractivity contribution in [1.82, 2.24) is 4.90 Å². The fourth-order valence-electron chi connectivity index (χ4n) is 2.79. The predicted octanol–water partition coefficient (Wildman–Crippen LogP) is 3.29. The quantitative estimate of drug-likeness (QED) is 0.809. The highest BCUT2D eigenvalue weighted by Crippen LogP contribution is 2.20. The summed E-state index contributed by atoms with van der Waals surface area (Å²) >= 11 is 0. The van der Waals surface area contributed by atoms with E-state index in [0.29, 0.717) is 18.1 Å². The Bertz CT molecular complexity index is 341. The number of hydrogen-bond donors (Lipinski definition) is 0. The molecule has 1 aliphatic rings. The average Bonchev–Trinajstić information content (AvgIpc) is 2.36. The minimum absolute atomic E-state index is 0.376. The van der Waals surface area contributed by atoms with Crippen molar-refractivity contribution in [3.05, 3.63) is 35.9 Å². The van der Waals surface area contributed by atoms with E-state index >= 15 is 0 Å². The minimum Gasteiger partial charge on any atom is -0.373 e. The van der Waals surface area contributed by atoms with Crippen molar-refractivity contribution in [2.24, 2.45) is 0 Å². The Kier molecular flexibility index (Phi) is 4.79. The van der Waals surface area contributed by atoms with Crippen LogP contribution in [0.3, 0.4) is 0 Å². The zero-order valence-corrected chi connectivity index (χ0v) is 11.8. The molecule has 1 aliphatic heterocycles. The van der Waals surface area contributed by atoms with E-state index in [1.165, 1.54) is 18.5 Å². The summed E-state index contributed by atoms with van der Waals surface area (Å²) in [4.78, 5) is 2.54. The lowest BCUT2D eigenvalue weighted by molar-refractivity contribution is -0.0683. The first-order valence-electron chi connectivity index (χ1n) is 7.08. The molecule has 0 radical (unpaired) electrons. The molecule has 1 aromatic rings. The largest absolute Gasteiger partial charge is 0.373 e. The van der Waals surface area contributed by atoms with E-state index in [1.54, 1.807) is 0 Å². The van der Waals surface area contributed by atoms with Gasteiger partial charge in [0.1, 0.15) is 0 Å². The van der Waals surface area contributed by atoms with Gasteiger partial charge in [0.05, 0.1) is 12.2 Å². The number of morpholine rings is 1. The molecule has 0 aliphatic carbocycles. The molecule has 0 bridgehead atoms. The van der Waals surface area contributed by atoms with Crippen molar-refractivity contribution in [2.45, 2.75) is 45.3 Å². The minimum atomic E-state index is 0.376. The van der Waals surface area contributed by atoms with E-state index in [2.05, 4.69) is 56.0 Å². The number of nitrogens with zero attached hydrogens (tertiary/aromatic N) is 1. The van der Waals surface area contributed by atoms with Crippen LogP contribution in [0, 0.1) is 0 Å². The second kappa shape index (κ2) is 6.35. The van der Waals surface area contributed by atoms with Crippen LogP contribution >= 0.6 is 0 Å². The molecule has 1 aromatic carbocycles. The molecule has 2 heteroatoms. The molecule has 0 spiro atoms. The van der Waals surface area contributed by atoms with Gasteiger partial charge in [-0.3, -0.25) is 4.90 Å². The second-order valence-corrected chi connectivity index (χ2v) is 5.62. The fraction of sp³-hybridized carbons (Fsp3) is 0.625. The number of ether oxygens (including phenoxy) is 1. The summed E-state index contributed by atoms with van der Waals surface area (Å²) < 4.78 is 5.77. The molecular weight excluding hydrogens is 222 g/mol. The molecule has 18 heavy (non-hydrogen) atoms. The molecule has 0 unspecified atom stereocenters. The maximum absolute atomic E-state index is 5.77. The predicted molar refractivity (Wildman–Crippen MR) is 75.9 cm³/mol. The van der Waals surface area contributed by atoms with E-state index < -0.39 is 0 Å². The molecule has 3 atom stereocenters. The van der Waals surface area contributed by atoms with Crippen molar-refractivity contribution < 1.29 is 4.74 Å². The highest BCUT2D eigenvalue weighted by molar-refractivity contribution is 5.18. The van der Waals surface area contributed by atoms with Crippen LogP contribution < -0.4 is 0 Å². The Labute approximate surface area is 111 Å². The lowest BCUT2D eigenvalue weighted by atomic mass is 9.97. The van der Waals surface area contributed by atoms with Crippen molar-refractivity contribution in [3.8, 4) is 0 Å². The van der Waals surface area contributed by atoms with Gasteiger partial charge in [0.15, 0.2) is 0 Å². The maximum atomic E-state index is 5.77. The van der Waals surface area contributed by atoms with Gasteiger partial charge in [0, 0.05) is 13.1 Å². The Morgan fingerprint density at radius 2 is 1.78 bits per heavy atom. The molecule has 0 amide bonds. The van der Waals surface area contributed by atoms with E-state index in [0.717, 1.165) is 13.1 Å². The topological polar surface area (TPSA) is 12.5 Å². The van der Waals surface area contributed by atoms with Gasteiger partial charge in [-0.15, -0.1) is 0 Å². The molecule has 0 aromatic heterocycles. The Morgan fingerprint density at radius 1 is 1.17 bits per heavy atom. The van der Waals surface area contributed by atoms with Crippen LogP contribution in [0.1, 0.15) is 38.7 Å². The van der Waals surface area contributed by atoms with Crippen LogP contribution in [0.15, 0.2) is 30.3 Å². The second-order valence-electron chi connectivity index (χ2n) is 5.62. The summed E-state index contributed by atoms with van der Waals surface area (Å²) in [5.41, 5.74) is 1.45. The van der Waals surface area contributed by atoms with E-state index in [4.69, 9.17) is 4.74 Å². The average molecular weight is 247 g/mol. The first-order chi connectivity index (χ1) is 8.65. The maximum Gasteiger partial charge on any atom is 0.0678 e. The third-order valence-electron chi connectivity index (χ3n) is 3.74. The van der Waals surface area contributed by atoms with Crippen LogP contribution in [0.25, 0.3) is 0 Å². The molecular formula is C16H25NO. The monoisotopic (exact) mass is 247 g/mol. The molecule has 1 saturated heterocycles. The summed E-state index contributed by atoms with van der Waals surface area (Å²) in [6.45, 7) is 9.99. The van der Waals surface area contributed by atoms with Crippen molar-refractivity contribution in [3.63, 3.8) is 0 Å². The van der Waals surface area contributed by atoms with Crippen LogP contribution in [-0.2, 0) is 4.74 Å². The van der Waals surface area contributed by atoms with E-state index in [-0.39, 0.29) is 0 Å². The number of benzene rings is 1. The molecule has 0 saturated carbocycles. The van der Waals surface area contributed by atoms with Gasteiger partial charge in [-0.25, -0.2) is 0 Å². The molecule has 2 rings (SSSR count). The van der Waals surface area contributed by atoms with Crippen molar-refractivity contribution in [1.29, 1.82) is 0 Å². The van der Waals surface area contributed by atoms with Crippen LogP contribution in [0.2, 0.25) is 0 Å². The molecule has 0 N–H and O–H groups in total. The zero-order valence-electron chi connectivity index (χ0n) is 11.8. The van der Waals surface area contributed by atoms with Gasteiger partial charge in [-0.1, -0.05) is 37.3 Å². The van der Waals surface area contributed by atoms with Crippen molar-refractivity contribution >= 4 is 0 Å². The van der Waals surface area contributed by atoms with E-state index in [9.17, 15) is 0 Å². The van der Waals surface area contributed by atoms with Crippen LogP contribution in [0.5, 0.6) is 0 Å². The third kappa shape index (κ3) is 3.82.